The van der Waals surface area contributed by atoms with Gasteiger partial charge in [0.1, 0.15) is 11.8 Å². The van der Waals surface area contributed by atoms with E-state index in [2.05, 4.69) is 22.8 Å². The van der Waals surface area contributed by atoms with Crippen LogP contribution in [0.25, 0.3) is 0 Å². The van der Waals surface area contributed by atoms with E-state index in [1.165, 1.54) is 7.05 Å². The van der Waals surface area contributed by atoms with Gasteiger partial charge in [0.15, 0.2) is 0 Å². The number of aryl methyl sites for hydroxylation is 2. The third-order valence-corrected chi connectivity index (χ3v) is 4.42. The number of nitrogens with zero attached hydrogens (tertiary/aromatic N) is 1. The molecular weight excluding hydrogens is 342 g/mol. The van der Waals surface area contributed by atoms with Crippen molar-refractivity contribution < 1.29 is 14.3 Å². The molecule has 144 valence electrons. The summed E-state index contributed by atoms with van der Waals surface area (Å²) >= 11 is 0. The molecule has 6 heteroatoms. The number of carbonyl (C=O) groups excluding carboxylic acids is 2. The number of rotatable bonds is 6. The number of imide groups is 1. The van der Waals surface area contributed by atoms with Crippen LogP contribution < -0.4 is 15.4 Å². The van der Waals surface area contributed by atoms with Crippen LogP contribution in [-0.2, 0) is 11.3 Å². The molecule has 2 aromatic rings. The molecule has 0 spiro atoms. The van der Waals surface area contributed by atoms with Crippen LogP contribution in [0.3, 0.4) is 0 Å². The minimum Gasteiger partial charge on any atom is -0.496 e. The Morgan fingerprint density at radius 3 is 2.22 bits per heavy atom. The zero-order chi connectivity index (χ0) is 20.0. The van der Waals surface area contributed by atoms with E-state index in [0.29, 0.717) is 6.54 Å². The smallest absolute Gasteiger partial charge is 0.321 e. The summed E-state index contributed by atoms with van der Waals surface area (Å²) in [6.07, 6.45) is 0. The average Bonchev–Trinajstić information content (AvgIpc) is 2.62. The van der Waals surface area contributed by atoms with Gasteiger partial charge in [-0.3, -0.25) is 15.0 Å². The number of hydrogen-bond donors (Lipinski definition) is 2. The van der Waals surface area contributed by atoms with Gasteiger partial charge in [0.05, 0.1) is 7.11 Å². The van der Waals surface area contributed by atoms with Crippen LogP contribution in [0.4, 0.5) is 4.79 Å². The summed E-state index contributed by atoms with van der Waals surface area (Å²) in [5.41, 5.74) is 3.99. The van der Waals surface area contributed by atoms with Crippen molar-refractivity contribution in [3.8, 4) is 5.75 Å². The van der Waals surface area contributed by atoms with E-state index in [4.69, 9.17) is 4.74 Å². The molecule has 27 heavy (non-hydrogen) atoms. The van der Waals surface area contributed by atoms with Crippen molar-refractivity contribution in [3.05, 3.63) is 64.7 Å². The number of ether oxygens (including phenoxy) is 1. The number of benzene rings is 2. The molecule has 0 saturated heterocycles. The van der Waals surface area contributed by atoms with Gasteiger partial charge in [0.2, 0.25) is 5.91 Å². The second-order valence-corrected chi connectivity index (χ2v) is 6.56. The van der Waals surface area contributed by atoms with Crippen molar-refractivity contribution in [1.29, 1.82) is 0 Å². The Kier molecular flexibility index (Phi) is 6.96. The summed E-state index contributed by atoms with van der Waals surface area (Å²) in [4.78, 5) is 26.3. The molecule has 0 aromatic heterocycles. The minimum atomic E-state index is -0.591. The predicted octanol–water partition coefficient (Wildman–Crippen LogP) is 2.94. The number of urea groups is 1. The Morgan fingerprint density at radius 1 is 1.11 bits per heavy atom. The maximum Gasteiger partial charge on any atom is 0.321 e. The lowest BCUT2D eigenvalue weighted by Crippen LogP contribution is -2.44. The topological polar surface area (TPSA) is 70.7 Å². The van der Waals surface area contributed by atoms with E-state index in [1.54, 1.807) is 7.11 Å². The summed E-state index contributed by atoms with van der Waals surface area (Å²) in [6, 6.07) is 12.4. The highest BCUT2D eigenvalue weighted by Gasteiger charge is 2.26. The third kappa shape index (κ3) is 5.08. The molecule has 1 atom stereocenters. The van der Waals surface area contributed by atoms with Crippen LogP contribution in [0.5, 0.6) is 5.75 Å². The van der Waals surface area contributed by atoms with Crippen molar-refractivity contribution >= 4 is 11.9 Å². The second kappa shape index (κ2) is 9.19. The SMILES string of the molecule is CNC(=O)NC(=O)C(c1ccccc1)N(C)Cc1cc(C)c(OC)c(C)c1. The molecule has 0 aliphatic heterocycles. The molecule has 3 amide bonds. The Hall–Kier alpha value is -2.86. The Bertz CT molecular complexity index is 783. The average molecular weight is 369 g/mol. The zero-order valence-corrected chi connectivity index (χ0v) is 16.5. The van der Waals surface area contributed by atoms with Crippen molar-refractivity contribution in [2.24, 2.45) is 0 Å². The zero-order valence-electron chi connectivity index (χ0n) is 16.5. The maximum absolute atomic E-state index is 12.7. The van der Waals surface area contributed by atoms with E-state index in [0.717, 1.165) is 28.0 Å². The van der Waals surface area contributed by atoms with Crippen molar-refractivity contribution in [2.45, 2.75) is 26.4 Å². The van der Waals surface area contributed by atoms with Gasteiger partial charge in [-0.1, -0.05) is 42.5 Å². The molecule has 0 bridgehead atoms. The van der Waals surface area contributed by atoms with Crippen LogP contribution in [0, 0.1) is 13.8 Å². The van der Waals surface area contributed by atoms with Crippen LogP contribution in [-0.4, -0.2) is 38.0 Å². The van der Waals surface area contributed by atoms with Gasteiger partial charge in [0, 0.05) is 13.6 Å². The number of likely N-dealkylation sites (N-methyl/N-ethyl adjacent to an activating group) is 1. The van der Waals surface area contributed by atoms with Gasteiger partial charge in [-0.2, -0.15) is 0 Å². The first kappa shape index (κ1) is 20.5. The van der Waals surface area contributed by atoms with E-state index in [-0.39, 0.29) is 5.91 Å². The van der Waals surface area contributed by atoms with Crippen molar-refractivity contribution in [2.75, 3.05) is 21.2 Å². The molecule has 2 rings (SSSR count). The molecule has 0 saturated carbocycles. The first-order valence-electron chi connectivity index (χ1n) is 8.79. The van der Waals surface area contributed by atoms with Crippen LogP contribution in [0.15, 0.2) is 42.5 Å². The number of methoxy groups -OCH3 is 1. The second-order valence-electron chi connectivity index (χ2n) is 6.56. The first-order chi connectivity index (χ1) is 12.9. The molecule has 0 radical (unpaired) electrons. The fraction of sp³-hybridized carbons (Fsp3) is 0.333. The summed E-state index contributed by atoms with van der Waals surface area (Å²) in [7, 11) is 5.01. The largest absolute Gasteiger partial charge is 0.496 e. The van der Waals surface area contributed by atoms with E-state index in [1.807, 2.05) is 56.1 Å². The summed E-state index contributed by atoms with van der Waals surface area (Å²) in [5, 5.41) is 4.80. The first-order valence-corrected chi connectivity index (χ1v) is 8.79. The Morgan fingerprint density at radius 2 is 1.70 bits per heavy atom. The Labute approximate surface area is 160 Å². The van der Waals surface area contributed by atoms with Gasteiger partial charge in [-0.15, -0.1) is 0 Å². The molecular formula is C21H27N3O3. The Balaban J connectivity index is 2.30. The third-order valence-electron chi connectivity index (χ3n) is 4.42. The van der Waals surface area contributed by atoms with Crippen LogP contribution >= 0.6 is 0 Å². The lowest BCUT2D eigenvalue weighted by molar-refractivity contribution is -0.125. The summed E-state index contributed by atoms with van der Waals surface area (Å²) in [6.45, 7) is 4.55. The predicted molar refractivity (Wildman–Crippen MR) is 106 cm³/mol. The number of nitrogens with one attached hydrogen (secondary N) is 2. The number of carbonyl (C=O) groups is 2. The lowest BCUT2D eigenvalue weighted by Gasteiger charge is -2.27. The quantitative estimate of drug-likeness (QED) is 0.821. The molecule has 2 N–H and O–H groups in total. The number of hydrogen-bond acceptors (Lipinski definition) is 4. The normalized spacial score (nSPS) is 11.8. The van der Waals surface area contributed by atoms with Gasteiger partial charge >= 0.3 is 6.03 Å². The molecule has 6 nitrogen and oxygen atoms in total. The highest BCUT2D eigenvalue weighted by molar-refractivity contribution is 5.97. The molecule has 1 unspecified atom stereocenters. The monoisotopic (exact) mass is 369 g/mol. The van der Waals surface area contributed by atoms with Gasteiger partial charge in [-0.05, 0) is 43.1 Å². The lowest BCUT2D eigenvalue weighted by atomic mass is 10.0. The fourth-order valence-electron chi connectivity index (χ4n) is 3.32. The summed E-state index contributed by atoms with van der Waals surface area (Å²) < 4.78 is 5.42. The van der Waals surface area contributed by atoms with Gasteiger partial charge < -0.3 is 10.1 Å². The highest BCUT2D eigenvalue weighted by Crippen LogP contribution is 2.27. The van der Waals surface area contributed by atoms with E-state index in [9.17, 15) is 9.59 Å². The standard InChI is InChI=1S/C21H27N3O3/c1-14-11-16(12-15(2)19(14)27-5)13-24(4)18(17-9-7-6-8-10-17)20(25)23-21(26)22-3/h6-12,18H,13H2,1-5H3,(H2,22,23,25,26). The fourth-order valence-corrected chi connectivity index (χ4v) is 3.32. The van der Waals surface area contributed by atoms with Crippen LogP contribution in [0.1, 0.15) is 28.3 Å². The minimum absolute atomic E-state index is 0.370. The summed E-state index contributed by atoms with van der Waals surface area (Å²) in [5.74, 6) is 0.503. The maximum atomic E-state index is 12.7. The molecule has 0 aliphatic rings. The van der Waals surface area contributed by atoms with E-state index < -0.39 is 12.1 Å². The molecule has 0 fully saturated rings. The van der Waals surface area contributed by atoms with Crippen LogP contribution in [0.2, 0.25) is 0 Å². The molecule has 2 aromatic carbocycles. The van der Waals surface area contributed by atoms with Gasteiger partial charge in [0.25, 0.3) is 0 Å². The van der Waals surface area contributed by atoms with Gasteiger partial charge in [-0.25, -0.2) is 4.79 Å². The van der Waals surface area contributed by atoms with E-state index >= 15 is 0 Å². The van der Waals surface area contributed by atoms with Crippen molar-refractivity contribution in [1.82, 2.24) is 15.5 Å². The highest BCUT2D eigenvalue weighted by atomic mass is 16.5. The molecule has 0 aliphatic carbocycles. The number of amides is 3. The van der Waals surface area contributed by atoms with Crippen molar-refractivity contribution in [3.63, 3.8) is 0 Å². The molecule has 0 heterocycles.